The Morgan fingerprint density at radius 2 is 2.00 bits per heavy atom. The van der Waals surface area contributed by atoms with Crippen LogP contribution in [0, 0.1) is 0 Å². The molecule has 1 aliphatic heterocycles. The van der Waals surface area contributed by atoms with Gasteiger partial charge in [0.15, 0.2) is 6.61 Å². The lowest BCUT2D eigenvalue weighted by Gasteiger charge is -2.29. The lowest BCUT2D eigenvalue weighted by atomic mass is 10.0. The van der Waals surface area contributed by atoms with Crippen LogP contribution in [0.25, 0.3) is 0 Å². The van der Waals surface area contributed by atoms with Gasteiger partial charge in [-0.15, -0.1) is 0 Å². The van der Waals surface area contributed by atoms with E-state index in [4.69, 9.17) is 27.9 Å². The number of aryl methyl sites for hydroxylation is 1. The third-order valence-corrected chi connectivity index (χ3v) is 4.20. The molecule has 0 aliphatic carbocycles. The molecule has 5 heteroatoms. The first-order valence-corrected chi connectivity index (χ1v) is 7.87. The summed E-state index contributed by atoms with van der Waals surface area (Å²) in [6.45, 7) is 0.650. The molecule has 1 aliphatic rings. The van der Waals surface area contributed by atoms with Gasteiger partial charge in [0.2, 0.25) is 0 Å². The van der Waals surface area contributed by atoms with E-state index in [0.29, 0.717) is 22.3 Å². The van der Waals surface area contributed by atoms with Gasteiger partial charge in [-0.25, -0.2) is 0 Å². The summed E-state index contributed by atoms with van der Waals surface area (Å²) >= 11 is 12.0. The first kappa shape index (κ1) is 15.2. The molecule has 0 aromatic heterocycles. The average molecular weight is 336 g/mol. The summed E-state index contributed by atoms with van der Waals surface area (Å²) in [5, 5.41) is 0.964. The average Bonchev–Trinajstić information content (AvgIpc) is 2.55. The van der Waals surface area contributed by atoms with Gasteiger partial charge in [-0.2, -0.15) is 0 Å². The topological polar surface area (TPSA) is 29.5 Å². The van der Waals surface area contributed by atoms with Gasteiger partial charge in [0, 0.05) is 23.3 Å². The highest BCUT2D eigenvalue weighted by Gasteiger charge is 2.22. The summed E-state index contributed by atoms with van der Waals surface area (Å²) in [5.74, 6) is 0.344. The largest absolute Gasteiger partial charge is 0.482 e. The van der Waals surface area contributed by atoms with E-state index >= 15 is 0 Å². The molecule has 0 unspecified atom stereocenters. The number of benzene rings is 2. The SMILES string of the molecule is O=C(COc1cc(Cl)ccc1Cl)N1CCCc2ccccc21. The number of ether oxygens (including phenoxy) is 1. The van der Waals surface area contributed by atoms with Gasteiger partial charge in [0.05, 0.1) is 5.02 Å². The zero-order chi connectivity index (χ0) is 15.5. The lowest BCUT2D eigenvalue weighted by Crippen LogP contribution is -2.38. The fraction of sp³-hybridized carbons (Fsp3) is 0.235. The molecule has 1 amide bonds. The number of hydrogen-bond acceptors (Lipinski definition) is 2. The van der Waals surface area contributed by atoms with E-state index in [2.05, 4.69) is 6.07 Å². The number of carbonyl (C=O) groups is 1. The van der Waals surface area contributed by atoms with Crippen LogP contribution in [0.1, 0.15) is 12.0 Å². The Morgan fingerprint density at radius 1 is 1.18 bits per heavy atom. The fourth-order valence-corrected chi connectivity index (χ4v) is 2.93. The monoisotopic (exact) mass is 335 g/mol. The third-order valence-electron chi connectivity index (χ3n) is 3.66. The summed E-state index contributed by atoms with van der Waals surface area (Å²) in [6.07, 6.45) is 1.96. The van der Waals surface area contributed by atoms with Crippen molar-refractivity contribution in [2.45, 2.75) is 12.8 Å². The molecule has 0 N–H and O–H groups in total. The maximum atomic E-state index is 12.5. The smallest absolute Gasteiger partial charge is 0.264 e. The van der Waals surface area contributed by atoms with Crippen LogP contribution in [-0.2, 0) is 11.2 Å². The van der Waals surface area contributed by atoms with Crippen molar-refractivity contribution in [2.75, 3.05) is 18.1 Å². The van der Waals surface area contributed by atoms with Crippen LogP contribution in [0.3, 0.4) is 0 Å². The van der Waals surface area contributed by atoms with E-state index in [1.54, 1.807) is 23.1 Å². The first-order chi connectivity index (χ1) is 10.6. The summed E-state index contributed by atoms with van der Waals surface area (Å²) in [5.41, 5.74) is 2.17. The van der Waals surface area contributed by atoms with E-state index in [9.17, 15) is 4.79 Å². The molecule has 0 spiro atoms. The molecule has 0 saturated carbocycles. The molecule has 22 heavy (non-hydrogen) atoms. The van der Waals surface area contributed by atoms with Gasteiger partial charge < -0.3 is 9.64 Å². The number of amides is 1. The number of fused-ring (bicyclic) bond motifs is 1. The molecule has 0 saturated heterocycles. The molecule has 1 heterocycles. The zero-order valence-electron chi connectivity index (χ0n) is 11.9. The number of anilines is 1. The number of para-hydroxylation sites is 1. The Morgan fingerprint density at radius 3 is 2.86 bits per heavy atom. The molecular formula is C17H15Cl2NO2. The minimum Gasteiger partial charge on any atom is -0.482 e. The highest BCUT2D eigenvalue weighted by atomic mass is 35.5. The molecule has 114 valence electrons. The van der Waals surface area contributed by atoms with Gasteiger partial charge >= 0.3 is 0 Å². The van der Waals surface area contributed by atoms with E-state index in [-0.39, 0.29) is 12.5 Å². The van der Waals surface area contributed by atoms with Crippen LogP contribution in [0.15, 0.2) is 42.5 Å². The molecule has 0 atom stereocenters. The Bertz CT molecular complexity index is 703. The fourth-order valence-electron chi connectivity index (χ4n) is 2.60. The van der Waals surface area contributed by atoms with Gasteiger partial charge in [-0.3, -0.25) is 4.79 Å². The summed E-state index contributed by atoms with van der Waals surface area (Å²) in [6, 6.07) is 12.9. The normalized spacial score (nSPS) is 13.6. The molecule has 0 fully saturated rings. The second-order valence-corrected chi connectivity index (χ2v) is 5.98. The number of rotatable bonds is 3. The zero-order valence-corrected chi connectivity index (χ0v) is 13.4. The third kappa shape index (κ3) is 3.21. The number of halogens is 2. The predicted octanol–water partition coefficient (Wildman–Crippen LogP) is 4.35. The van der Waals surface area contributed by atoms with Crippen molar-refractivity contribution in [3.05, 3.63) is 58.1 Å². The number of nitrogens with zero attached hydrogens (tertiary/aromatic N) is 1. The van der Waals surface area contributed by atoms with E-state index in [1.165, 1.54) is 5.56 Å². The van der Waals surface area contributed by atoms with Crippen molar-refractivity contribution in [3.63, 3.8) is 0 Å². The molecule has 2 aromatic carbocycles. The van der Waals surface area contributed by atoms with Crippen LogP contribution >= 0.6 is 23.2 Å². The standard InChI is InChI=1S/C17H15Cl2NO2/c18-13-7-8-14(19)16(10-13)22-11-17(21)20-9-3-5-12-4-1-2-6-15(12)20/h1-2,4,6-8,10H,3,5,9,11H2. The molecule has 3 rings (SSSR count). The van der Waals surface area contributed by atoms with Crippen LogP contribution in [-0.4, -0.2) is 19.1 Å². The minimum absolute atomic E-state index is 0.0611. The maximum Gasteiger partial charge on any atom is 0.264 e. The molecule has 0 bridgehead atoms. The summed E-state index contributed by atoms with van der Waals surface area (Å²) in [4.78, 5) is 14.2. The first-order valence-electron chi connectivity index (χ1n) is 7.11. The van der Waals surface area contributed by atoms with Gasteiger partial charge in [-0.05, 0) is 36.6 Å². The van der Waals surface area contributed by atoms with Crippen molar-refractivity contribution in [1.82, 2.24) is 0 Å². The molecular weight excluding hydrogens is 321 g/mol. The van der Waals surface area contributed by atoms with Crippen molar-refractivity contribution in [1.29, 1.82) is 0 Å². The Kier molecular flexibility index (Phi) is 4.55. The Hall–Kier alpha value is -1.71. The van der Waals surface area contributed by atoms with Crippen molar-refractivity contribution in [3.8, 4) is 5.75 Å². The van der Waals surface area contributed by atoms with E-state index < -0.39 is 0 Å². The second kappa shape index (κ2) is 6.59. The molecule has 2 aromatic rings. The molecule has 0 radical (unpaired) electrons. The van der Waals surface area contributed by atoms with Crippen LogP contribution in [0.4, 0.5) is 5.69 Å². The van der Waals surface area contributed by atoms with Crippen molar-refractivity contribution >= 4 is 34.8 Å². The Balaban J connectivity index is 1.72. The summed E-state index contributed by atoms with van der Waals surface area (Å²) in [7, 11) is 0. The number of carbonyl (C=O) groups excluding carboxylic acids is 1. The highest BCUT2D eigenvalue weighted by molar-refractivity contribution is 6.34. The van der Waals surface area contributed by atoms with Gasteiger partial charge in [-0.1, -0.05) is 41.4 Å². The maximum absolute atomic E-state index is 12.5. The number of hydrogen-bond donors (Lipinski definition) is 0. The van der Waals surface area contributed by atoms with Gasteiger partial charge in [0.1, 0.15) is 5.75 Å². The highest BCUT2D eigenvalue weighted by Crippen LogP contribution is 2.29. The van der Waals surface area contributed by atoms with Gasteiger partial charge in [0.25, 0.3) is 5.91 Å². The van der Waals surface area contributed by atoms with Crippen LogP contribution in [0.2, 0.25) is 10.0 Å². The lowest BCUT2D eigenvalue weighted by molar-refractivity contribution is -0.120. The summed E-state index contributed by atoms with van der Waals surface area (Å²) < 4.78 is 5.54. The quantitative estimate of drug-likeness (QED) is 0.834. The molecule has 3 nitrogen and oxygen atoms in total. The van der Waals surface area contributed by atoms with Crippen molar-refractivity contribution in [2.24, 2.45) is 0 Å². The van der Waals surface area contributed by atoms with Crippen molar-refractivity contribution < 1.29 is 9.53 Å². The van der Waals surface area contributed by atoms with Crippen LogP contribution in [0.5, 0.6) is 5.75 Å². The minimum atomic E-state index is -0.0804. The predicted molar refractivity (Wildman–Crippen MR) is 89.1 cm³/mol. The van der Waals surface area contributed by atoms with E-state index in [0.717, 1.165) is 18.5 Å². The Labute approximate surface area is 139 Å². The van der Waals surface area contributed by atoms with Crippen LogP contribution < -0.4 is 9.64 Å². The van der Waals surface area contributed by atoms with E-state index in [1.807, 2.05) is 18.2 Å². The second-order valence-electron chi connectivity index (χ2n) is 5.14.